The molecule has 21 heavy (non-hydrogen) atoms. The van der Waals surface area contributed by atoms with Gasteiger partial charge in [-0.15, -0.1) is 0 Å². The van der Waals surface area contributed by atoms with E-state index >= 15 is 0 Å². The SMILES string of the molecule is CCn1c(=O)oc2cc(C(N)CCCCC(=O)O)ccc21. The summed E-state index contributed by atoms with van der Waals surface area (Å²) in [6.45, 7) is 2.45. The van der Waals surface area contributed by atoms with Crippen LogP contribution in [0.4, 0.5) is 0 Å². The van der Waals surface area contributed by atoms with Gasteiger partial charge in [-0.2, -0.15) is 0 Å². The van der Waals surface area contributed by atoms with Crippen LogP contribution in [-0.2, 0) is 11.3 Å². The van der Waals surface area contributed by atoms with Crippen molar-refractivity contribution in [3.63, 3.8) is 0 Å². The molecule has 1 atom stereocenters. The Labute approximate surface area is 122 Å². The first-order valence-corrected chi connectivity index (χ1v) is 7.13. The maximum atomic E-state index is 11.6. The third-order valence-corrected chi connectivity index (χ3v) is 3.59. The lowest BCUT2D eigenvalue weighted by atomic mass is 10.0. The van der Waals surface area contributed by atoms with Crippen molar-refractivity contribution in [2.75, 3.05) is 0 Å². The van der Waals surface area contributed by atoms with Gasteiger partial charge < -0.3 is 15.3 Å². The first-order chi connectivity index (χ1) is 10.0. The third-order valence-electron chi connectivity index (χ3n) is 3.59. The summed E-state index contributed by atoms with van der Waals surface area (Å²) in [6, 6.07) is 5.35. The van der Waals surface area contributed by atoms with E-state index in [1.807, 2.05) is 19.1 Å². The Kier molecular flexibility index (Phi) is 4.80. The second-order valence-corrected chi connectivity index (χ2v) is 5.09. The maximum absolute atomic E-state index is 11.6. The zero-order chi connectivity index (χ0) is 15.4. The van der Waals surface area contributed by atoms with Crippen molar-refractivity contribution in [3.05, 3.63) is 34.3 Å². The molecule has 0 radical (unpaired) electrons. The van der Waals surface area contributed by atoms with Gasteiger partial charge in [0.05, 0.1) is 5.52 Å². The number of nitrogens with zero attached hydrogens (tertiary/aromatic N) is 1. The van der Waals surface area contributed by atoms with Crippen LogP contribution in [-0.4, -0.2) is 15.6 Å². The van der Waals surface area contributed by atoms with Crippen molar-refractivity contribution in [1.29, 1.82) is 0 Å². The highest BCUT2D eigenvalue weighted by molar-refractivity contribution is 5.73. The molecule has 0 bridgehead atoms. The monoisotopic (exact) mass is 292 g/mol. The van der Waals surface area contributed by atoms with Gasteiger partial charge in [-0.1, -0.05) is 12.5 Å². The van der Waals surface area contributed by atoms with Crippen molar-refractivity contribution in [1.82, 2.24) is 4.57 Å². The molecule has 0 aliphatic rings. The molecule has 114 valence electrons. The summed E-state index contributed by atoms with van der Waals surface area (Å²) in [4.78, 5) is 22.1. The fourth-order valence-corrected chi connectivity index (χ4v) is 2.42. The number of carbonyl (C=O) groups is 1. The van der Waals surface area contributed by atoms with E-state index in [-0.39, 0.29) is 18.2 Å². The van der Waals surface area contributed by atoms with Crippen molar-refractivity contribution in [2.24, 2.45) is 5.73 Å². The maximum Gasteiger partial charge on any atom is 0.419 e. The molecule has 2 rings (SSSR count). The van der Waals surface area contributed by atoms with Crippen LogP contribution in [0.15, 0.2) is 27.4 Å². The zero-order valence-corrected chi connectivity index (χ0v) is 12.0. The van der Waals surface area contributed by atoms with Gasteiger partial charge in [-0.05, 0) is 37.5 Å². The molecule has 1 aromatic heterocycles. The molecule has 2 aromatic rings. The molecular formula is C15H20N2O4. The van der Waals surface area contributed by atoms with Gasteiger partial charge >= 0.3 is 11.7 Å². The number of fused-ring (bicyclic) bond motifs is 1. The zero-order valence-electron chi connectivity index (χ0n) is 12.0. The van der Waals surface area contributed by atoms with E-state index in [9.17, 15) is 9.59 Å². The molecule has 3 N–H and O–H groups in total. The summed E-state index contributed by atoms with van der Waals surface area (Å²) in [5.74, 6) is -1.15. The Morgan fingerprint density at radius 3 is 2.86 bits per heavy atom. The molecule has 1 heterocycles. The summed E-state index contributed by atoms with van der Waals surface area (Å²) in [5.41, 5.74) is 8.31. The van der Waals surface area contributed by atoms with Crippen molar-refractivity contribution in [3.8, 4) is 0 Å². The third kappa shape index (κ3) is 3.52. The standard InChI is InChI=1S/C15H20N2O4/c1-2-17-12-8-7-10(9-13(12)21-15(17)20)11(16)5-3-4-6-14(18)19/h7-9,11H,2-6,16H2,1H3,(H,18,19). The highest BCUT2D eigenvalue weighted by Crippen LogP contribution is 2.22. The van der Waals surface area contributed by atoms with E-state index in [2.05, 4.69) is 0 Å². The molecule has 1 aromatic carbocycles. The number of unbranched alkanes of at least 4 members (excludes halogenated alkanes) is 1. The minimum atomic E-state index is -0.785. The van der Waals surface area contributed by atoms with Crippen LogP contribution in [0.5, 0.6) is 0 Å². The lowest BCUT2D eigenvalue weighted by molar-refractivity contribution is -0.137. The number of aromatic nitrogens is 1. The largest absolute Gasteiger partial charge is 0.481 e. The van der Waals surface area contributed by atoms with Gasteiger partial charge in [0, 0.05) is 19.0 Å². The summed E-state index contributed by atoms with van der Waals surface area (Å²) in [7, 11) is 0. The molecule has 0 amide bonds. The highest BCUT2D eigenvalue weighted by atomic mass is 16.4. The van der Waals surface area contributed by atoms with Crippen molar-refractivity contribution in [2.45, 2.75) is 45.2 Å². The smallest absolute Gasteiger partial charge is 0.419 e. The van der Waals surface area contributed by atoms with Gasteiger partial charge in [-0.25, -0.2) is 4.79 Å². The van der Waals surface area contributed by atoms with Gasteiger partial charge in [0.25, 0.3) is 0 Å². The molecule has 6 heteroatoms. The first kappa shape index (κ1) is 15.3. The Bertz CT molecular complexity index is 687. The number of aliphatic carboxylic acids is 1. The Balaban J connectivity index is 2.08. The molecule has 0 fully saturated rings. The molecule has 6 nitrogen and oxygen atoms in total. The fraction of sp³-hybridized carbons (Fsp3) is 0.467. The molecule has 0 aliphatic carbocycles. The number of rotatable bonds is 7. The van der Waals surface area contributed by atoms with E-state index in [0.29, 0.717) is 25.0 Å². The van der Waals surface area contributed by atoms with E-state index in [1.54, 1.807) is 10.6 Å². The van der Waals surface area contributed by atoms with E-state index in [4.69, 9.17) is 15.3 Å². The number of oxazole rings is 1. The Morgan fingerprint density at radius 2 is 2.19 bits per heavy atom. The average Bonchev–Trinajstić information content (AvgIpc) is 2.77. The predicted octanol–water partition coefficient (Wildman–Crippen LogP) is 2.26. The lowest BCUT2D eigenvalue weighted by Gasteiger charge is -2.11. The number of hydrogen-bond acceptors (Lipinski definition) is 4. The normalized spacial score (nSPS) is 12.7. The van der Waals surface area contributed by atoms with Crippen molar-refractivity contribution < 1.29 is 14.3 Å². The first-order valence-electron chi connectivity index (χ1n) is 7.13. The fourth-order valence-electron chi connectivity index (χ4n) is 2.42. The van der Waals surface area contributed by atoms with Crippen LogP contribution in [0.3, 0.4) is 0 Å². The number of carboxylic acids is 1. The van der Waals surface area contributed by atoms with Crippen LogP contribution in [0.2, 0.25) is 0 Å². The summed E-state index contributed by atoms with van der Waals surface area (Å²) < 4.78 is 6.78. The van der Waals surface area contributed by atoms with Crippen LogP contribution >= 0.6 is 0 Å². The second-order valence-electron chi connectivity index (χ2n) is 5.09. The van der Waals surface area contributed by atoms with Crippen molar-refractivity contribution >= 4 is 17.1 Å². The minimum Gasteiger partial charge on any atom is -0.481 e. The molecule has 0 spiro atoms. The lowest BCUT2D eigenvalue weighted by Crippen LogP contribution is -2.12. The van der Waals surface area contributed by atoms with Gasteiger partial charge in [-0.3, -0.25) is 9.36 Å². The van der Waals surface area contributed by atoms with E-state index in [0.717, 1.165) is 17.5 Å². The van der Waals surface area contributed by atoms with Gasteiger partial charge in [0.15, 0.2) is 5.58 Å². The molecule has 0 saturated heterocycles. The van der Waals surface area contributed by atoms with Gasteiger partial charge in [0.2, 0.25) is 0 Å². The van der Waals surface area contributed by atoms with Gasteiger partial charge in [0.1, 0.15) is 0 Å². The summed E-state index contributed by atoms with van der Waals surface area (Å²) >= 11 is 0. The van der Waals surface area contributed by atoms with Crippen LogP contribution < -0.4 is 11.5 Å². The molecule has 0 saturated carbocycles. The number of nitrogens with two attached hydrogens (primary N) is 1. The highest BCUT2D eigenvalue weighted by Gasteiger charge is 2.12. The number of hydrogen-bond donors (Lipinski definition) is 2. The van der Waals surface area contributed by atoms with Crippen LogP contribution in [0.1, 0.15) is 44.2 Å². The molecular weight excluding hydrogens is 272 g/mol. The number of benzene rings is 1. The Morgan fingerprint density at radius 1 is 1.43 bits per heavy atom. The Hall–Kier alpha value is -2.08. The number of carboxylic acid groups (broad SMARTS) is 1. The molecule has 1 unspecified atom stereocenters. The van der Waals surface area contributed by atoms with E-state index < -0.39 is 5.97 Å². The quantitative estimate of drug-likeness (QED) is 0.763. The second kappa shape index (κ2) is 6.58. The van der Waals surface area contributed by atoms with Crippen LogP contribution in [0, 0.1) is 0 Å². The summed E-state index contributed by atoms with van der Waals surface area (Å²) in [6.07, 6.45) is 2.25. The van der Waals surface area contributed by atoms with Crippen LogP contribution in [0.25, 0.3) is 11.1 Å². The minimum absolute atomic E-state index is 0.167. The molecule has 0 aliphatic heterocycles. The summed E-state index contributed by atoms with van der Waals surface area (Å²) in [5, 5.41) is 8.59. The number of aryl methyl sites for hydroxylation is 1. The topological polar surface area (TPSA) is 98.5 Å². The average molecular weight is 292 g/mol. The van der Waals surface area contributed by atoms with E-state index in [1.165, 1.54) is 0 Å². The predicted molar refractivity (Wildman–Crippen MR) is 79.2 cm³/mol.